The minimum Gasteiger partial charge on any atom is -0.344 e. The number of halogens is 1. The molecule has 4 aromatic rings. The highest BCUT2D eigenvalue weighted by Crippen LogP contribution is 2.29. The van der Waals surface area contributed by atoms with Crippen LogP contribution in [-0.4, -0.2) is 25.7 Å². The molecule has 0 fully saturated rings. The van der Waals surface area contributed by atoms with Crippen molar-refractivity contribution in [1.82, 2.24) is 19.7 Å². The molecule has 0 bridgehead atoms. The van der Waals surface area contributed by atoms with Gasteiger partial charge in [0.05, 0.1) is 29.4 Å². The number of hydrogen-bond acceptors (Lipinski definition) is 3. The number of carbonyl (C=O) groups is 1. The molecule has 0 aliphatic rings. The van der Waals surface area contributed by atoms with E-state index in [1.54, 1.807) is 29.5 Å². The first-order valence-electron chi connectivity index (χ1n) is 7.70. The fourth-order valence-corrected chi connectivity index (χ4v) is 3.17. The van der Waals surface area contributed by atoms with E-state index in [0.717, 1.165) is 15.4 Å². The molecule has 2 N–H and O–H groups in total. The zero-order chi connectivity index (χ0) is 17.2. The van der Waals surface area contributed by atoms with Crippen LogP contribution in [-0.2, 0) is 6.54 Å². The number of amides is 1. The Morgan fingerprint density at radius 1 is 1.24 bits per heavy atom. The molecule has 4 rings (SSSR count). The number of hydrogen-bond donors (Lipinski definition) is 2. The van der Waals surface area contributed by atoms with E-state index < -0.39 is 0 Å². The lowest BCUT2D eigenvalue weighted by atomic mass is 10.2. The van der Waals surface area contributed by atoms with E-state index in [1.807, 2.05) is 36.4 Å². The number of pyridine rings is 1. The van der Waals surface area contributed by atoms with Gasteiger partial charge in [-0.25, -0.2) is 4.98 Å². The maximum atomic E-state index is 12.5. The van der Waals surface area contributed by atoms with Crippen molar-refractivity contribution in [2.24, 2.45) is 0 Å². The Labute approximate surface area is 152 Å². The lowest BCUT2D eigenvalue weighted by Gasteiger charge is -2.03. The van der Waals surface area contributed by atoms with Crippen LogP contribution in [0.1, 0.15) is 15.9 Å². The van der Waals surface area contributed by atoms with E-state index in [9.17, 15) is 4.79 Å². The Balaban J connectivity index is 1.53. The lowest BCUT2D eigenvalue weighted by molar-refractivity contribution is 0.102. The first-order chi connectivity index (χ1) is 12.2. The number of fused-ring (bicyclic) bond motifs is 1. The summed E-state index contributed by atoms with van der Waals surface area (Å²) in [5.41, 5.74) is 3.02. The van der Waals surface area contributed by atoms with Gasteiger partial charge in [-0.05, 0) is 27.6 Å². The normalized spacial score (nSPS) is 10.9. The zero-order valence-corrected chi connectivity index (χ0v) is 14.7. The van der Waals surface area contributed by atoms with Crippen LogP contribution in [0.4, 0.5) is 5.69 Å². The van der Waals surface area contributed by atoms with Crippen LogP contribution in [0, 0.1) is 0 Å². The summed E-state index contributed by atoms with van der Waals surface area (Å²) in [6.45, 7) is 0.622. The van der Waals surface area contributed by atoms with Crippen LogP contribution in [0.2, 0.25) is 0 Å². The number of anilines is 1. The molecular weight excluding hydrogens is 382 g/mol. The van der Waals surface area contributed by atoms with E-state index in [0.29, 0.717) is 23.4 Å². The molecule has 6 nitrogen and oxygen atoms in total. The molecule has 0 unspecified atom stereocenters. The molecule has 3 heterocycles. The topological polar surface area (TPSA) is 75.6 Å². The SMILES string of the molecule is O=C(Nc1c[nH]c2nccc(Br)c12)c1cnn(Cc2ccccc2)c1. The van der Waals surface area contributed by atoms with Crippen LogP contribution < -0.4 is 5.32 Å². The van der Waals surface area contributed by atoms with Crippen molar-refractivity contribution in [2.75, 3.05) is 5.32 Å². The molecule has 0 saturated heterocycles. The first-order valence-corrected chi connectivity index (χ1v) is 8.49. The molecule has 0 atom stereocenters. The summed E-state index contributed by atoms with van der Waals surface area (Å²) in [7, 11) is 0. The van der Waals surface area contributed by atoms with Crippen molar-refractivity contribution in [2.45, 2.75) is 6.54 Å². The van der Waals surface area contributed by atoms with Crippen LogP contribution in [0.5, 0.6) is 0 Å². The van der Waals surface area contributed by atoms with Crippen molar-refractivity contribution in [1.29, 1.82) is 0 Å². The van der Waals surface area contributed by atoms with Crippen molar-refractivity contribution in [3.63, 3.8) is 0 Å². The predicted octanol–water partition coefficient (Wildman–Crippen LogP) is 3.82. The Hall–Kier alpha value is -2.93. The first kappa shape index (κ1) is 15.6. The Morgan fingerprint density at radius 3 is 2.92 bits per heavy atom. The van der Waals surface area contributed by atoms with Gasteiger partial charge in [-0.15, -0.1) is 0 Å². The highest BCUT2D eigenvalue weighted by molar-refractivity contribution is 9.10. The third kappa shape index (κ3) is 3.18. The second kappa shape index (κ2) is 6.52. The van der Waals surface area contributed by atoms with Crippen molar-refractivity contribution in [3.8, 4) is 0 Å². The van der Waals surface area contributed by atoms with E-state index in [-0.39, 0.29) is 5.91 Å². The van der Waals surface area contributed by atoms with Crippen LogP contribution >= 0.6 is 15.9 Å². The van der Waals surface area contributed by atoms with Crippen molar-refractivity contribution < 1.29 is 4.79 Å². The van der Waals surface area contributed by atoms with Crippen LogP contribution in [0.15, 0.2) is 65.7 Å². The number of carbonyl (C=O) groups excluding carboxylic acids is 1. The molecule has 124 valence electrons. The number of benzene rings is 1. The molecule has 25 heavy (non-hydrogen) atoms. The lowest BCUT2D eigenvalue weighted by Crippen LogP contribution is -2.11. The quantitative estimate of drug-likeness (QED) is 0.551. The van der Waals surface area contributed by atoms with E-state index in [4.69, 9.17) is 0 Å². The molecule has 0 saturated carbocycles. The fraction of sp³-hybridized carbons (Fsp3) is 0.0556. The minimum absolute atomic E-state index is 0.212. The number of nitrogens with zero attached hydrogens (tertiary/aromatic N) is 3. The third-order valence-electron chi connectivity index (χ3n) is 3.85. The summed E-state index contributed by atoms with van der Waals surface area (Å²) in [6.07, 6.45) is 6.74. The number of rotatable bonds is 4. The summed E-state index contributed by atoms with van der Waals surface area (Å²) >= 11 is 3.49. The van der Waals surface area contributed by atoms with Gasteiger partial charge in [-0.3, -0.25) is 9.48 Å². The van der Waals surface area contributed by atoms with Crippen molar-refractivity contribution in [3.05, 3.63) is 76.8 Å². The molecule has 0 radical (unpaired) electrons. The molecule has 7 heteroatoms. The third-order valence-corrected chi connectivity index (χ3v) is 4.51. The van der Waals surface area contributed by atoms with E-state index in [2.05, 4.69) is 36.3 Å². The average molecular weight is 396 g/mol. The second-order valence-electron chi connectivity index (χ2n) is 5.59. The van der Waals surface area contributed by atoms with Gasteiger partial charge >= 0.3 is 0 Å². The minimum atomic E-state index is -0.212. The highest BCUT2D eigenvalue weighted by Gasteiger charge is 2.14. The van der Waals surface area contributed by atoms with Crippen LogP contribution in [0.25, 0.3) is 11.0 Å². The van der Waals surface area contributed by atoms with Gasteiger partial charge in [0.25, 0.3) is 5.91 Å². The molecule has 1 aromatic carbocycles. The summed E-state index contributed by atoms with van der Waals surface area (Å²) in [6, 6.07) is 11.8. The summed E-state index contributed by atoms with van der Waals surface area (Å²) in [5.74, 6) is -0.212. The maximum absolute atomic E-state index is 12.5. The van der Waals surface area contributed by atoms with Gasteiger partial charge in [0.1, 0.15) is 5.65 Å². The largest absolute Gasteiger partial charge is 0.344 e. The summed E-state index contributed by atoms with van der Waals surface area (Å²) < 4.78 is 2.62. The van der Waals surface area contributed by atoms with Gasteiger partial charge in [0.2, 0.25) is 0 Å². The molecule has 0 aliphatic heterocycles. The second-order valence-corrected chi connectivity index (χ2v) is 6.44. The van der Waals surface area contributed by atoms with E-state index >= 15 is 0 Å². The number of H-pyrrole nitrogens is 1. The predicted molar refractivity (Wildman–Crippen MR) is 99.5 cm³/mol. The fourth-order valence-electron chi connectivity index (χ4n) is 2.65. The van der Waals surface area contributed by atoms with E-state index in [1.165, 1.54) is 0 Å². The van der Waals surface area contributed by atoms with Gasteiger partial charge in [-0.2, -0.15) is 5.10 Å². The van der Waals surface area contributed by atoms with Crippen molar-refractivity contribution >= 4 is 38.6 Å². The molecule has 0 aliphatic carbocycles. The van der Waals surface area contributed by atoms with Crippen LogP contribution in [0.3, 0.4) is 0 Å². The number of nitrogens with one attached hydrogen (secondary N) is 2. The number of aromatic amines is 1. The highest BCUT2D eigenvalue weighted by atomic mass is 79.9. The van der Waals surface area contributed by atoms with Gasteiger partial charge < -0.3 is 10.3 Å². The molecule has 3 aromatic heterocycles. The standard InChI is InChI=1S/C18H14BrN5O/c19-14-6-7-20-17-16(14)15(9-21-17)23-18(25)13-8-22-24(11-13)10-12-4-2-1-3-5-12/h1-9,11H,10H2,(H,20,21)(H,23,25). The summed E-state index contributed by atoms with van der Waals surface area (Å²) in [4.78, 5) is 19.8. The molecule has 1 amide bonds. The Bertz CT molecular complexity index is 1040. The molecular formula is C18H14BrN5O. The Kier molecular flexibility index (Phi) is 4.07. The smallest absolute Gasteiger partial charge is 0.258 e. The monoisotopic (exact) mass is 395 g/mol. The average Bonchev–Trinajstić information content (AvgIpc) is 3.24. The van der Waals surface area contributed by atoms with Gasteiger partial charge in [-0.1, -0.05) is 30.3 Å². The number of aromatic nitrogens is 4. The summed E-state index contributed by atoms with van der Waals surface area (Å²) in [5, 5.41) is 8.01. The Morgan fingerprint density at radius 2 is 2.08 bits per heavy atom. The maximum Gasteiger partial charge on any atom is 0.258 e. The van der Waals surface area contributed by atoms with Gasteiger partial charge in [0.15, 0.2) is 0 Å². The van der Waals surface area contributed by atoms with Gasteiger partial charge in [0, 0.05) is 23.1 Å². The molecule has 0 spiro atoms. The zero-order valence-electron chi connectivity index (χ0n) is 13.1.